The topological polar surface area (TPSA) is 57.9 Å². The van der Waals surface area contributed by atoms with Crippen LogP contribution in [0.25, 0.3) is 10.8 Å². The summed E-state index contributed by atoms with van der Waals surface area (Å²) in [7, 11) is 0. The SMILES string of the molecule is [O-]c1c2ccccc2cn1CCc1c[nH+]c[nH]1. The Morgan fingerprint density at radius 2 is 2.18 bits per heavy atom. The second kappa shape index (κ2) is 3.97. The van der Waals surface area contributed by atoms with E-state index in [0.717, 1.165) is 22.9 Å². The Hall–Kier alpha value is -2.23. The van der Waals surface area contributed by atoms with Crippen LogP contribution in [0.3, 0.4) is 0 Å². The lowest BCUT2D eigenvalue weighted by molar-refractivity contribution is -0.376. The van der Waals surface area contributed by atoms with E-state index in [1.165, 1.54) is 0 Å². The van der Waals surface area contributed by atoms with Crippen LogP contribution in [0.1, 0.15) is 5.69 Å². The highest BCUT2D eigenvalue weighted by Gasteiger charge is 2.03. The zero-order chi connectivity index (χ0) is 11.7. The molecule has 4 nitrogen and oxygen atoms in total. The smallest absolute Gasteiger partial charge is 0.239 e. The molecule has 2 N–H and O–H groups in total. The molecule has 0 aliphatic carbocycles. The van der Waals surface area contributed by atoms with Gasteiger partial charge in [-0.25, -0.2) is 4.98 Å². The molecule has 3 aromatic rings. The maximum atomic E-state index is 12.0. The van der Waals surface area contributed by atoms with E-state index in [0.29, 0.717) is 6.54 Å². The zero-order valence-corrected chi connectivity index (χ0v) is 9.31. The number of nitrogens with one attached hydrogen (secondary N) is 2. The van der Waals surface area contributed by atoms with Crippen molar-refractivity contribution < 1.29 is 10.1 Å². The van der Waals surface area contributed by atoms with Gasteiger partial charge < -0.3 is 9.67 Å². The molecule has 0 atom stereocenters. The lowest BCUT2D eigenvalue weighted by Gasteiger charge is -2.11. The number of imidazole rings is 1. The normalized spacial score (nSPS) is 11.1. The first-order chi connectivity index (χ1) is 8.34. The monoisotopic (exact) mass is 227 g/mol. The fourth-order valence-corrected chi connectivity index (χ4v) is 2.06. The summed E-state index contributed by atoms with van der Waals surface area (Å²) < 4.78 is 1.77. The van der Waals surface area contributed by atoms with Gasteiger partial charge in [0.2, 0.25) is 6.33 Å². The van der Waals surface area contributed by atoms with Crippen molar-refractivity contribution in [1.29, 1.82) is 0 Å². The van der Waals surface area contributed by atoms with Crippen LogP contribution in [0.2, 0.25) is 0 Å². The van der Waals surface area contributed by atoms with Crippen molar-refractivity contribution in [3.05, 3.63) is 48.7 Å². The van der Waals surface area contributed by atoms with Crippen LogP contribution < -0.4 is 10.1 Å². The predicted octanol–water partition coefficient (Wildman–Crippen LogP) is 1.10. The minimum Gasteiger partial charge on any atom is -0.860 e. The van der Waals surface area contributed by atoms with E-state index < -0.39 is 0 Å². The second-order valence-electron chi connectivity index (χ2n) is 4.09. The summed E-state index contributed by atoms with van der Waals surface area (Å²) in [5.41, 5.74) is 1.10. The van der Waals surface area contributed by atoms with Crippen LogP contribution >= 0.6 is 0 Å². The van der Waals surface area contributed by atoms with Crippen molar-refractivity contribution in [2.75, 3.05) is 0 Å². The first-order valence-corrected chi connectivity index (χ1v) is 5.63. The second-order valence-corrected chi connectivity index (χ2v) is 4.09. The first-order valence-electron chi connectivity index (χ1n) is 5.63. The molecule has 0 aliphatic rings. The molecule has 0 fully saturated rings. The summed E-state index contributed by atoms with van der Waals surface area (Å²) in [6.07, 6.45) is 6.43. The minimum atomic E-state index is 0.0936. The number of nitrogens with zero attached hydrogens (tertiary/aromatic N) is 1. The van der Waals surface area contributed by atoms with Gasteiger partial charge in [0.05, 0.1) is 0 Å². The summed E-state index contributed by atoms with van der Waals surface area (Å²) in [6, 6.07) is 7.69. The number of rotatable bonds is 3. The van der Waals surface area contributed by atoms with Gasteiger partial charge in [-0.15, -0.1) is 0 Å². The maximum absolute atomic E-state index is 12.0. The van der Waals surface area contributed by atoms with E-state index in [4.69, 9.17) is 0 Å². The maximum Gasteiger partial charge on any atom is 0.239 e. The number of H-pyrrole nitrogens is 2. The molecule has 86 valence electrons. The van der Waals surface area contributed by atoms with Crippen LogP contribution in [0.15, 0.2) is 43.0 Å². The van der Waals surface area contributed by atoms with Gasteiger partial charge in [-0.1, -0.05) is 24.3 Å². The number of hydrogen-bond acceptors (Lipinski definition) is 1. The van der Waals surface area contributed by atoms with Gasteiger partial charge in [0.1, 0.15) is 11.9 Å². The number of aryl methyl sites for hydroxylation is 2. The molecular formula is C13H13N3O. The third-order valence-electron chi connectivity index (χ3n) is 2.97. The molecule has 3 rings (SSSR count). The highest BCUT2D eigenvalue weighted by Crippen LogP contribution is 2.24. The minimum absolute atomic E-state index is 0.0936. The Morgan fingerprint density at radius 3 is 2.94 bits per heavy atom. The molecule has 17 heavy (non-hydrogen) atoms. The van der Waals surface area contributed by atoms with Crippen LogP contribution in [-0.4, -0.2) is 9.55 Å². The van der Waals surface area contributed by atoms with Crippen molar-refractivity contribution in [2.24, 2.45) is 0 Å². The van der Waals surface area contributed by atoms with Gasteiger partial charge in [-0.2, -0.15) is 0 Å². The van der Waals surface area contributed by atoms with Crippen molar-refractivity contribution in [1.82, 2.24) is 9.55 Å². The van der Waals surface area contributed by atoms with Crippen LogP contribution in [0.4, 0.5) is 0 Å². The van der Waals surface area contributed by atoms with Crippen LogP contribution in [0.5, 0.6) is 5.88 Å². The summed E-state index contributed by atoms with van der Waals surface area (Å²) in [5.74, 6) is 0.0936. The third-order valence-corrected chi connectivity index (χ3v) is 2.97. The van der Waals surface area contributed by atoms with Gasteiger partial charge in [0, 0.05) is 19.2 Å². The highest BCUT2D eigenvalue weighted by molar-refractivity contribution is 5.87. The fraction of sp³-hybridized carbons (Fsp3) is 0.154. The molecule has 0 bridgehead atoms. The largest absolute Gasteiger partial charge is 0.860 e. The number of aromatic amines is 2. The van der Waals surface area contributed by atoms with E-state index in [-0.39, 0.29) is 5.88 Å². The Labute approximate surface area is 98.5 Å². The van der Waals surface area contributed by atoms with Gasteiger partial charge in [0.15, 0.2) is 0 Å². The lowest BCUT2D eigenvalue weighted by Crippen LogP contribution is -2.05. The molecule has 0 unspecified atom stereocenters. The van der Waals surface area contributed by atoms with Crippen molar-refractivity contribution >= 4 is 10.8 Å². The lowest BCUT2D eigenvalue weighted by atomic mass is 10.2. The number of aromatic nitrogens is 3. The molecule has 0 spiro atoms. The van der Waals surface area contributed by atoms with E-state index in [9.17, 15) is 5.11 Å². The Balaban J connectivity index is 1.88. The number of fused-ring (bicyclic) bond motifs is 1. The van der Waals surface area contributed by atoms with Crippen molar-refractivity contribution in [3.63, 3.8) is 0 Å². The molecule has 0 saturated carbocycles. The van der Waals surface area contributed by atoms with Crippen LogP contribution in [0, 0.1) is 0 Å². The van der Waals surface area contributed by atoms with E-state index >= 15 is 0 Å². The van der Waals surface area contributed by atoms with Gasteiger partial charge in [0.25, 0.3) is 0 Å². The van der Waals surface area contributed by atoms with Crippen LogP contribution in [-0.2, 0) is 13.0 Å². The Morgan fingerprint density at radius 1 is 1.29 bits per heavy atom. The molecule has 2 heterocycles. The van der Waals surface area contributed by atoms with Gasteiger partial charge in [-0.05, 0) is 16.7 Å². The zero-order valence-electron chi connectivity index (χ0n) is 9.31. The molecule has 0 radical (unpaired) electrons. The average Bonchev–Trinajstić information content (AvgIpc) is 2.96. The fourth-order valence-electron chi connectivity index (χ4n) is 2.06. The number of hydrogen-bond donors (Lipinski definition) is 1. The molecular weight excluding hydrogens is 214 g/mol. The van der Waals surface area contributed by atoms with Gasteiger partial charge in [-0.3, -0.25) is 4.98 Å². The van der Waals surface area contributed by atoms with Crippen molar-refractivity contribution in [2.45, 2.75) is 13.0 Å². The van der Waals surface area contributed by atoms with Crippen molar-refractivity contribution in [3.8, 4) is 5.88 Å². The third kappa shape index (κ3) is 1.78. The predicted molar refractivity (Wildman–Crippen MR) is 62.4 cm³/mol. The standard InChI is InChI=1S/C13H13N3O/c17-13-12-4-2-1-3-10(12)8-16(13)6-5-11-7-14-9-15-11/h1-4,7-9,17H,5-6H2,(H,14,15). The average molecular weight is 227 g/mol. The quantitative estimate of drug-likeness (QED) is 0.715. The van der Waals surface area contributed by atoms with E-state index in [1.807, 2.05) is 36.7 Å². The summed E-state index contributed by atoms with van der Waals surface area (Å²) >= 11 is 0. The van der Waals surface area contributed by atoms with E-state index in [2.05, 4.69) is 9.97 Å². The summed E-state index contributed by atoms with van der Waals surface area (Å²) in [5, 5.41) is 13.8. The molecule has 0 amide bonds. The molecule has 1 aromatic carbocycles. The summed E-state index contributed by atoms with van der Waals surface area (Å²) in [4.78, 5) is 6.05. The Kier molecular flexibility index (Phi) is 2.33. The summed E-state index contributed by atoms with van der Waals surface area (Å²) in [6.45, 7) is 0.696. The Bertz CT molecular complexity index is 625. The number of benzene rings is 1. The van der Waals surface area contributed by atoms with Gasteiger partial charge >= 0.3 is 0 Å². The highest BCUT2D eigenvalue weighted by atomic mass is 16.3. The molecule has 4 heteroatoms. The molecule has 0 aliphatic heterocycles. The molecule has 0 saturated heterocycles. The van der Waals surface area contributed by atoms with E-state index in [1.54, 1.807) is 10.9 Å². The molecule has 2 aromatic heterocycles. The first kappa shape index (κ1) is 9.96.